The van der Waals surface area contributed by atoms with Gasteiger partial charge in [-0.05, 0) is 36.4 Å². The Morgan fingerprint density at radius 3 is 2.56 bits per heavy atom. The summed E-state index contributed by atoms with van der Waals surface area (Å²) in [6.07, 6.45) is 4.86. The molecule has 2 aromatic carbocycles. The molecule has 39 heavy (non-hydrogen) atoms. The summed E-state index contributed by atoms with van der Waals surface area (Å²) in [6, 6.07) is 14.6. The van der Waals surface area contributed by atoms with Crippen molar-refractivity contribution in [3.8, 4) is 11.8 Å². The summed E-state index contributed by atoms with van der Waals surface area (Å²) in [5.74, 6) is -0.941. The first kappa shape index (κ1) is 27.7. The van der Waals surface area contributed by atoms with Crippen molar-refractivity contribution in [3.63, 3.8) is 0 Å². The number of benzene rings is 2. The van der Waals surface area contributed by atoms with Crippen LogP contribution in [0.25, 0.3) is 0 Å². The van der Waals surface area contributed by atoms with Crippen molar-refractivity contribution in [1.29, 1.82) is 5.26 Å². The van der Waals surface area contributed by atoms with Crippen LogP contribution in [-0.4, -0.2) is 73.5 Å². The fourth-order valence-corrected chi connectivity index (χ4v) is 6.33. The number of rotatable bonds is 9. The monoisotopic (exact) mass is 591 g/mol. The first-order valence-electron chi connectivity index (χ1n) is 12.3. The number of anilines is 1. The molecule has 2 fully saturated rings. The minimum atomic E-state index is -3.52. The number of ether oxygens (including phenoxy) is 3. The van der Waals surface area contributed by atoms with Gasteiger partial charge in [0.2, 0.25) is 15.8 Å². The fraction of sp³-hybridized carbons (Fsp3) is 0.385. The van der Waals surface area contributed by atoms with Gasteiger partial charge in [-0.2, -0.15) is 9.57 Å². The highest BCUT2D eigenvalue weighted by atomic mass is 35.5. The van der Waals surface area contributed by atoms with Crippen molar-refractivity contribution in [3.05, 3.63) is 76.8 Å². The first-order valence-corrected chi connectivity index (χ1v) is 14.7. The summed E-state index contributed by atoms with van der Waals surface area (Å²) in [4.78, 5) is 6.22. The topological polar surface area (TPSA) is 110 Å². The molecule has 0 unspecified atom stereocenters. The van der Waals surface area contributed by atoms with Crippen molar-refractivity contribution in [2.24, 2.45) is 0 Å². The summed E-state index contributed by atoms with van der Waals surface area (Å²) >= 11 is 12.6. The lowest BCUT2D eigenvalue weighted by Crippen LogP contribution is -2.49. The van der Waals surface area contributed by atoms with E-state index in [0.717, 1.165) is 5.69 Å². The number of nitrogens with zero attached hydrogens (tertiary/aromatic N) is 5. The molecule has 2 atom stereocenters. The predicted molar refractivity (Wildman–Crippen MR) is 146 cm³/mol. The van der Waals surface area contributed by atoms with Gasteiger partial charge in [0.05, 0.1) is 30.6 Å². The number of halogens is 2. The van der Waals surface area contributed by atoms with Gasteiger partial charge in [0, 0.05) is 54.8 Å². The van der Waals surface area contributed by atoms with E-state index >= 15 is 0 Å². The van der Waals surface area contributed by atoms with E-state index in [-0.39, 0.29) is 12.7 Å². The van der Waals surface area contributed by atoms with Crippen LogP contribution in [0, 0.1) is 11.3 Å². The van der Waals surface area contributed by atoms with E-state index in [0.29, 0.717) is 60.7 Å². The third-order valence-electron chi connectivity index (χ3n) is 6.67. The first-order chi connectivity index (χ1) is 18.8. The number of hydrogen-bond acceptors (Lipinski definition) is 8. The molecule has 10 nitrogen and oxygen atoms in total. The van der Waals surface area contributed by atoms with Crippen LogP contribution < -0.4 is 9.64 Å². The van der Waals surface area contributed by atoms with Crippen LogP contribution >= 0.6 is 23.2 Å². The molecule has 206 valence electrons. The van der Waals surface area contributed by atoms with E-state index in [1.807, 2.05) is 41.1 Å². The van der Waals surface area contributed by atoms with Crippen molar-refractivity contribution in [2.45, 2.75) is 18.4 Å². The lowest BCUT2D eigenvalue weighted by Gasteiger charge is -2.35. The van der Waals surface area contributed by atoms with Crippen molar-refractivity contribution in [1.82, 2.24) is 13.9 Å². The Morgan fingerprint density at radius 2 is 1.90 bits per heavy atom. The molecule has 0 bridgehead atoms. The van der Waals surface area contributed by atoms with Crippen LogP contribution in [0.3, 0.4) is 0 Å². The Bertz CT molecular complexity index is 1420. The highest BCUT2D eigenvalue weighted by Crippen LogP contribution is 2.40. The quantitative estimate of drug-likeness (QED) is 0.372. The van der Waals surface area contributed by atoms with Gasteiger partial charge in [-0.1, -0.05) is 29.3 Å². The molecule has 3 aromatic rings. The number of hydrogen-bond donors (Lipinski definition) is 0. The Labute approximate surface area is 237 Å². The third kappa shape index (κ3) is 6.32. The average Bonchev–Trinajstić information content (AvgIpc) is 3.58. The molecule has 2 saturated heterocycles. The van der Waals surface area contributed by atoms with Crippen LogP contribution in [0.5, 0.6) is 5.75 Å². The van der Waals surface area contributed by atoms with E-state index in [4.69, 9.17) is 42.7 Å². The van der Waals surface area contributed by atoms with Gasteiger partial charge in [0.1, 0.15) is 18.5 Å². The van der Waals surface area contributed by atoms with Crippen LogP contribution in [-0.2, 0) is 31.8 Å². The molecule has 2 aliphatic rings. The average molecular weight is 593 g/mol. The lowest BCUT2D eigenvalue weighted by molar-refractivity contribution is -0.189. The molecule has 13 heteroatoms. The van der Waals surface area contributed by atoms with Crippen LogP contribution in [0.2, 0.25) is 10.0 Å². The Kier molecular flexibility index (Phi) is 8.32. The molecule has 0 amide bonds. The molecular formula is C26H27Cl2N5O5S. The molecule has 5 rings (SSSR count). The molecule has 0 N–H and O–H groups in total. The Morgan fingerprint density at radius 1 is 1.13 bits per heavy atom. The van der Waals surface area contributed by atoms with Crippen molar-refractivity contribution >= 4 is 38.9 Å². The second-order valence-electron chi connectivity index (χ2n) is 9.27. The Hall–Kier alpha value is -2.85. The highest BCUT2D eigenvalue weighted by Gasteiger charge is 2.45. The summed E-state index contributed by atoms with van der Waals surface area (Å²) in [6.45, 7) is 2.72. The van der Waals surface area contributed by atoms with Crippen LogP contribution in [0.4, 0.5) is 5.69 Å². The van der Waals surface area contributed by atoms with Gasteiger partial charge in [-0.15, -0.1) is 0 Å². The van der Waals surface area contributed by atoms with Crippen LogP contribution in [0.1, 0.15) is 5.56 Å². The minimum Gasteiger partial charge on any atom is -0.491 e. The van der Waals surface area contributed by atoms with Gasteiger partial charge >= 0.3 is 0 Å². The molecular weight excluding hydrogens is 565 g/mol. The molecule has 0 radical (unpaired) electrons. The van der Waals surface area contributed by atoms with Crippen LogP contribution in [0.15, 0.2) is 61.2 Å². The van der Waals surface area contributed by atoms with E-state index in [2.05, 4.69) is 9.88 Å². The highest BCUT2D eigenvalue weighted by molar-refractivity contribution is 7.89. The summed E-state index contributed by atoms with van der Waals surface area (Å²) < 4.78 is 46.1. The minimum absolute atomic E-state index is 0.270. The zero-order valence-corrected chi connectivity index (χ0v) is 23.3. The van der Waals surface area contributed by atoms with Gasteiger partial charge in [-0.25, -0.2) is 13.4 Å². The third-order valence-corrected chi connectivity index (χ3v) is 8.86. The van der Waals surface area contributed by atoms with Crippen molar-refractivity contribution in [2.75, 3.05) is 50.0 Å². The summed E-state index contributed by atoms with van der Waals surface area (Å²) in [7, 11) is -3.52. The lowest BCUT2D eigenvalue weighted by atomic mass is 10.1. The van der Waals surface area contributed by atoms with Crippen molar-refractivity contribution < 1.29 is 22.6 Å². The van der Waals surface area contributed by atoms with E-state index < -0.39 is 21.6 Å². The van der Waals surface area contributed by atoms with E-state index in [1.54, 1.807) is 30.7 Å². The maximum atomic E-state index is 12.1. The largest absolute Gasteiger partial charge is 0.491 e. The van der Waals surface area contributed by atoms with E-state index in [9.17, 15) is 8.42 Å². The standard InChI is InChI=1S/C26H27Cl2N5O5S/c27-20-1-6-24(25(28)15-20)26(18-31-9-8-30-19-31)37-17-23(38-26)16-36-22-4-2-21(3-5-22)32-10-12-33(13-11-32)39(34,35)14-7-29/h1-6,8-9,15,19,23H,10-14,16-18H2/t23-,26-/m1/s1. The summed E-state index contributed by atoms with van der Waals surface area (Å²) in [5.41, 5.74) is 1.64. The number of imidazole rings is 1. The molecule has 2 aliphatic heterocycles. The molecule has 0 aliphatic carbocycles. The number of sulfonamides is 1. The maximum Gasteiger partial charge on any atom is 0.227 e. The second-order valence-corrected chi connectivity index (χ2v) is 12.1. The molecule has 0 saturated carbocycles. The second kappa shape index (κ2) is 11.7. The fourth-order valence-electron chi connectivity index (χ4n) is 4.71. The smallest absolute Gasteiger partial charge is 0.227 e. The van der Waals surface area contributed by atoms with E-state index in [1.165, 1.54) is 4.31 Å². The molecule has 3 heterocycles. The van der Waals surface area contributed by atoms with Gasteiger partial charge in [0.25, 0.3) is 0 Å². The molecule has 0 spiro atoms. The predicted octanol–water partition coefficient (Wildman–Crippen LogP) is 3.51. The normalized spacial score (nSPS) is 22.1. The zero-order chi connectivity index (χ0) is 27.5. The SMILES string of the molecule is N#CCS(=O)(=O)N1CCN(c2ccc(OC[C@@H]3CO[C@@](Cn4ccnc4)(c4ccc(Cl)cc4Cl)O3)cc2)CC1. The maximum absolute atomic E-state index is 12.1. The number of aromatic nitrogens is 2. The number of piperazine rings is 1. The Balaban J connectivity index is 1.19. The number of nitriles is 1. The van der Waals surface area contributed by atoms with Gasteiger partial charge in [0.15, 0.2) is 5.75 Å². The zero-order valence-electron chi connectivity index (χ0n) is 20.9. The molecule has 1 aromatic heterocycles. The van der Waals surface area contributed by atoms with Gasteiger partial charge < -0.3 is 23.7 Å². The summed E-state index contributed by atoms with van der Waals surface area (Å²) in [5, 5.41) is 9.71. The van der Waals surface area contributed by atoms with Gasteiger partial charge in [-0.3, -0.25) is 0 Å².